The van der Waals surface area contributed by atoms with Gasteiger partial charge in [0.1, 0.15) is 9.79 Å². The Labute approximate surface area is 332 Å². The quantitative estimate of drug-likeness (QED) is 0.0289. The van der Waals surface area contributed by atoms with Gasteiger partial charge in [0.05, 0.1) is 16.9 Å². The maximum Gasteiger partial charge on any atom is 0.323 e. The van der Waals surface area contributed by atoms with Crippen molar-refractivity contribution < 1.29 is 67.9 Å². The molecule has 300 valence electrons. The normalized spacial score (nSPS) is 11.9. The van der Waals surface area contributed by atoms with Crippen molar-refractivity contribution >= 4 is 105 Å². The van der Waals surface area contributed by atoms with Gasteiger partial charge in [-0.25, -0.2) is 10.1 Å². The number of benzene rings is 6. The van der Waals surface area contributed by atoms with E-state index in [0.717, 1.165) is 12.1 Å². The number of hydrogen-bond acceptors (Lipinski definition) is 13. The van der Waals surface area contributed by atoms with E-state index in [-0.39, 0.29) is 60.3 Å². The molecular formula is C35H26N4O15S4. The van der Waals surface area contributed by atoms with Crippen molar-refractivity contribution in [1.82, 2.24) is 0 Å². The van der Waals surface area contributed by atoms with Gasteiger partial charge in [-0.3, -0.25) is 23.2 Å². The SMILES string of the molecule is O=C(Nc1cccc(C(=O)Nc2ccc3c(S(=O)(=O)O)cc(SOOO)cc3c2)c1)Nc1cccc(C(=O)Nc2ccc3c(S(=O)(=O)O)cc(S(=O)(=O)O)cc3c2)c1. The van der Waals surface area contributed by atoms with Crippen molar-refractivity contribution in [2.75, 3.05) is 21.3 Å². The van der Waals surface area contributed by atoms with E-state index in [1.54, 1.807) is 0 Å². The molecule has 0 fully saturated rings. The summed E-state index contributed by atoms with van der Waals surface area (Å²) in [7, 11) is -14.5. The van der Waals surface area contributed by atoms with Crippen molar-refractivity contribution in [3.63, 3.8) is 0 Å². The van der Waals surface area contributed by atoms with Crippen LogP contribution in [-0.4, -0.2) is 62.0 Å². The summed E-state index contributed by atoms with van der Waals surface area (Å²) in [6.07, 6.45) is 0. The Hall–Kier alpha value is -5.99. The van der Waals surface area contributed by atoms with Gasteiger partial charge in [0.15, 0.2) is 0 Å². The summed E-state index contributed by atoms with van der Waals surface area (Å²) >= 11 is 0.460. The molecule has 0 unspecified atom stereocenters. The third kappa shape index (κ3) is 9.93. The number of urea groups is 1. The minimum Gasteiger partial charge on any atom is -0.322 e. The largest absolute Gasteiger partial charge is 0.323 e. The second kappa shape index (κ2) is 16.5. The molecule has 0 saturated carbocycles. The fraction of sp³-hybridized carbons (Fsp3) is 0. The molecule has 0 aliphatic heterocycles. The fourth-order valence-corrected chi connectivity index (χ4v) is 8.25. The zero-order chi connectivity index (χ0) is 42.0. The van der Waals surface area contributed by atoms with Gasteiger partial charge in [-0.2, -0.15) is 25.3 Å². The number of anilines is 4. The van der Waals surface area contributed by atoms with Crippen molar-refractivity contribution in [2.24, 2.45) is 0 Å². The number of carbonyl (C=O) groups excluding carboxylic acids is 3. The Kier molecular flexibility index (Phi) is 11.8. The van der Waals surface area contributed by atoms with Crippen LogP contribution in [0.2, 0.25) is 0 Å². The van der Waals surface area contributed by atoms with Gasteiger partial charge in [0.2, 0.25) is 0 Å². The number of carbonyl (C=O) groups is 3. The van der Waals surface area contributed by atoms with Crippen molar-refractivity contribution in [3.8, 4) is 0 Å². The van der Waals surface area contributed by atoms with Gasteiger partial charge in [0, 0.05) is 49.5 Å². The van der Waals surface area contributed by atoms with E-state index >= 15 is 0 Å². The van der Waals surface area contributed by atoms with Crippen LogP contribution in [-0.2, 0) is 39.7 Å². The van der Waals surface area contributed by atoms with E-state index in [2.05, 4.69) is 30.6 Å². The molecule has 0 aliphatic rings. The van der Waals surface area contributed by atoms with Crippen LogP contribution in [0.5, 0.6) is 0 Å². The number of nitrogens with one attached hydrogen (secondary N) is 4. The Morgan fingerprint density at radius 1 is 0.517 bits per heavy atom. The first-order valence-corrected chi connectivity index (χ1v) is 21.0. The van der Waals surface area contributed by atoms with E-state index in [1.807, 2.05) is 0 Å². The molecule has 58 heavy (non-hydrogen) atoms. The summed E-state index contributed by atoms with van der Waals surface area (Å²) in [5.41, 5.74) is 0.884. The van der Waals surface area contributed by atoms with Gasteiger partial charge in [-0.05, 0) is 95.7 Å². The number of amides is 4. The zero-order valence-corrected chi connectivity index (χ0v) is 32.1. The monoisotopic (exact) mass is 870 g/mol. The second-order valence-corrected chi connectivity index (χ2v) is 17.0. The first kappa shape index (κ1) is 41.6. The average molecular weight is 871 g/mol. The lowest BCUT2D eigenvalue weighted by Gasteiger charge is -2.12. The average Bonchev–Trinajstić information content (AvgIpc) is 3.15. The molecule has 8 N–H and O–H groups in total. The van der Waals surface area contributed by atoms with Crippen LogP contribution in [0.1, 0.15) is 20.7 Å². The summed E-state index contributed by atoms with van der Waals surface area (Å²) in [6, 6.07) is 22.9. The fourth-order valence-electron chi connectivity index (χ4n) is 5.63. The van der Waals surface area contributed by atoms with Crippen molar-refractivity contribution in [3.05, 3.63) is 120 Å². The third-order valence-electron chi connectivity index (χ3n) is 8.07. The summed E-state index contributed by atoms with van der Waals surface area (Å²) in [5.74, 6) is -1.29. The molecule has 0 saturated heterocycles. The van der Waals surface area contributed by atoms with Crippen molar-refractivity contribution in [1.29, 1.82) is 0 Å². The Morgan fingerprint density at radius 3 is 1.45 bits per heavy atom. The first-order valence-electron chi connectivity index (χ1n) is 15.9. The maximum absolute atomic E-state index is 13.2. The Morgan fingerprint density at radius 2 is 0.983 bits per heavy atom. The van der Waals surface area contributed by atoms with Crippen LogP contribution >= 0.6 is 12.0 Å². The minimum absolute atomic E-state index is 0.0458. The first-order chi connectivity index (χ1) is 27.3. The topological polar surface area (TPSA) is 301 Å². The molecule has 0 atom stereocenters. The standard InChI is InChI=1S/C35H26N4O15S4/c40-33(36-25-7-9-29-21(13-25)15-27(55-54-53-43)17-31(29)57(47,48)49)19-3-1-5-23(11-19)38-35(42)39-24-6-2-4-20(12-24)34(41)37-26-8-10-30-22(14-26)16-28(56(44,45)46)18-32(30)58(50,51)52/h1-18,43H,(H,36,40)(H,37,41)(H2,38,39,42)(H,44,45,46)(H,47,48,49)(H,50,51,52). The lowest BCUT2D eigenvalue weighted by molar-refractivity contribution is -0.432. The lowest BCUT2D eigenvalue weighted by atomic mass is 10.1. The molecule has 6 rings (SSSR count). The van der Waals surface area contributed by atoms with Crippen LogP contribution in [0.15, 0.2) is 129 Å². The van der Waals surface area contributed by atoms with Crippen LogP contribution in [0.25, 0.3) is 21.5 Å². The summed E-state index contributed by atoms with van der Waals surface area (Å²) in [6.45, 7) is 0. The van der Waals surface area contributed by atoms with Gasteiger partial charge >= 0.3 is 6.03 Å². The summed E-state index contributed by atoms with van der Waals surface area (Å²) in [4.78, 5) is 37.3. The molecule has 23 heteroatoms. The molecule has 0 heterocycles. The molecule has 0 spiro atoms. The van der Waals surface area contributed by atoms with E-state index in [4.69, 9.17) is 5.26 Å². The van der Waals surface area contributed by atoms with Crippen LogP contribution in [0.3, 0.4) is 0 Å². The van der Waals surface area contributed by atoms with Crippen LogP contribution in [0.4, 0.5) is 27.5 Å². The van der Waals surface area contributed by atoms with Gasteiger partial charge in [-0.1, -0.05) is 29.3 Å². The predicted molar refractivity (Wildman–Crippen MR) is 209 cm³/mol. The minimum atomic E-state index is -4.91. The number of hydrogen-bond donors (Lipinski definition) is 8. The second-order valence-electron chi connectivity index (χ2n) is 12.0. The van der Waals surface area contributed by atoms with Crippen molar-refractivity contribution in [2.45, 2.75) is 19.6 Å². The molecule has 0 bridgehead atoms. The van der Waals surface area contributed by atoms with Crippen LogP contribution < -0.4 is 21.3 Å². The summed E-state index contributed by atoms with van der Waals surface area (Å²) < 4.78 is 104. The van der Waals surface area contributed by atoms with Gasteiger partial charge in [-0.15, -0.1) is 4.33 Å². The highest BCUT2D eigenvalue weighted by Gasteiger charge is 2.22. The molecule has 19 nitrogen and oxygen atoms in total. The maximum atomic E-state index is 13.2. The highest BCUT2D eigenvalue weighted by Crippen LogP contribution is 2.33. The molecular weight excluding hydrogens is 845 g/mol. The molecule has 0 aromatic heterocycles. The van der Waals surface area contributed by atoms with Gasteiger partial charge < -0.3 is 21.3 Å². The Balaban J connectivity index is 1.13. The van der Waals surface area contributed by atoms with Gasteiger partial charge in [0.25, 0.3) is 42.2 Å². The molecule has 4 amide bonds. The van der Waals surface area contributed by atoms with Crippen LogP contribution in [0, 0.1) is 0 Å². The number of rotatable bonds is 12. The number of fused-ring (bicyclic) bond motifs is 2. The molecule has 0 aliphatic carbocycles. The molecule has 0 radical (unpaired) electrons. The van der Waals surface area contributed by atoms with E-state index in [9.17, 15) is 53.3 Å². The molecule has 6 aromatic carbocycles. The summed E-state index contributed by atoms with van der Waals surface area (Å²) in [5, 5.41) is 22.6. The lowest BCUT2D eigenvalue weighted by Crippen LogP contribution is -2.20. The van der Waals surface area contributed by atoms with E-state index in [1.165, 1.54) is 91.0 Å². The highest BCUT2D eigenvalue weighted by molar-refractivity contribution is 7.94. The zero-order valence-electron chi connectivity index (χ0n) is 28.8. The predicted octanol–water partition coefficient (Wildman–Crippen LogP) is 6.31. The Bertz CT molecular complexity index is 3000. The third-order valence-corrected chi connectivity index (χ3v) is 11.2. The smallest absolute Gasteiger partial charge is 0.322 e. The van der Waals surface area contributed by atoms with E-state index in [0.29, 0.717) is 18.1 Å². The van der Waals surface area contributed by atoms with E-state index < -0.39 is 62.9 Å². The highest BCUT2D eigenvalue weighted by atomic mass is 32.2. The molecule has 6 aromatic rings.